The summed E-state index contributed by atoms with van der Waals surface area (Å²) in [5.74, 6) is -0.883. The van der Waals surface area contributed by atoms with Gasteiger partial charge in [-0.3, -0.25) is 9.59 Å². The van der Waals surface area contributed by atoms with Gasteiger partial charge in [-0.1, -0.05) is 23.2 Å². The maximum atomic E-state index is 12.8. The van der Waals surface area contributed by atoms with Gasteiger partial charge >= 0.3 is 5.97 Å². The fourth-order valence-electron chi connectivity index (χ4n) is 3.97. The molecule has 3 heterocycles. The van der Waals surface area contributed by atoms with E-state index < -0.39 is 11.4 Å². The van der Waals surface area contributed by atoms with Crippen LogP contribution in [0.15, 0.2) is 30.5 Å². The lowest BCUT2D eigenvalue weighted by Gasteiger charge is -2.38. The molecule has 150 valence electrons. The Kier molecular flexibility index (Phi) is 4.96. The first-order chi connectivity index (χ1) is 13.9. The Balaban J connectivity index is 1.58. The van der Waals surface area contributed by atoms with Gasteiger partial charge in [0.25, 0.3) is 5.91 Å². The summed E-state index contributed by atoms with van der Waals surface area (Å²) in [5.41, 5.74) is 1.19. The number of anilines is 1. The van der Waals surface area contributed by atoms with Crippen molar-refractivity contribution in [1.82, 2.24) is 9.88 Å². The first kappa shape index (κ1) is 19.7. The molecule has 0 bridgehead atoms. The van der Waals surface area contributed by atoms with Gasteiger partial charge in [0, 0.05) is 25.0 Å². The fourth-order valence-corrected chi connectivity index (χ4v) is 4.43. The highest BCUT2D eigenvalue weighted by atomic mass is 35.5. The predicted octanol–water partition coefficient (Wildman–Crippen LogP) is 3.30. The van der Waals surface area contributed by atoms with Crippen LogP contribution in [0.3, 0.4) is 0 Å². The molecule has 0 unspecified atom stereocenters. The van der Waals surface area contributed by atoms with Gasteiger partial charge in [0.2, 0.25) is 5.91 Å². The number of carbonyl (C=O) groups is 3. The van der Waals surface area contributed by atoms with E-state index in [0.717, 1.165) is 5.56 Å². The van der Waals surface area contributed by atoms with Gasteiger partial charge in [0.05, 0.1) is 28.1 Å². The topological polar surface area (TPSA) is 88.6 Å². The van der Waals surface area contributed by atoms with Crippen molar-refractivity contribution in [3.8, 4) is 0 Å². The highest BCUT2D eigenvalue weighted by Gasteiger charge is 2.49. The van der Waals surface area contributed by atoms with E-state index in [1.807, 2.05) is 0 Å². The maximum absolute atomic E-state index is 12.8. The van der Waals surface area contributed by atoms with Crippen LogP contribution in [0.1, 0.15) is 39.3 Å². The molecule has 1 fully saturated rings. The number of ether oxygens (including phenoxy) is 1. The second kappa shape index (κ2) is 7.31. The number of aromatic nitrogens is 1. The van der Waals surface area contributed by atoms with E-state index >= 15 is 0 Å². The van der Waals surface area contributed by atoms with Crippen molar-refractivity contribution in [2.75, 3.05) is 25.5 Å². The molecule has 4 rings (SSSR count). The van der Waals surface area contributed by atoms with E-state index in [2.05, 4.69) is 10.3 Å². The number of nitrogens with zero attached hydrogens (tertiary/aromatic N) is 2. The summed E-state index contributed by atoms with van der Waals surface area (Å²) in [4.78, 5) is 43.2. The highest BCUT2D eigenvalue weighted by Crippen LogP contribution is 2.45. The van der Waals surface area contributed by atoms with E-state index in [4.69, 9.17) is 27.9 Å². The van der Waals surface area contributed by atoms with Gasteiger partial charge in [0.1, 0.15) is 5.69 Å². The van der Waals surface area contributed by atoms with Crippen LogP contribution in [0, 0.1) is 0 Å². The zero-order valence-corrected chi connectivity index (χ0v) is 17.0. The van der Waals surface area contributed by atoms with Crippen LogP contribution in [0.5, 0.6) is 0 Å². The largest absolute Gasteiger partial charge is 0.465 e. The van der Waals surface area contributed by atoms with Crippen LogP contribution >= 0.6 is 23.2 Å². The molecule has 0 aliphatic carbocycles. The number of nitrogens with one attached hydrogen (secondary N) is 1. The zero-order valence-electron chi connectivity index (χ0n) is 15.5. The van der Waals surface area contributed by atoms with Gasteiger partial charge in [0.15, 0.2) is 0 Å². The first-order valence-electron chi connectivity index (χ1n) is 9.00. The second-order valence-corrected chi connectivity index (χ2v) is 7.91. The van der Waals surface area contributed by atoms with Crippen LogP contribution in [-0.4, -0.2) is 47.9 Å². The second-order valence-electron chi connectivity index (χ2n) is 7.06. The molecule has 1 saturated heterocycles. The van der Waals surface area contributed by atoms with Crippen LogP contribution in [0.2, 0.25) is 10.0 Å². The molecule has 1 N–H and O–H groups in total. The molecule has 2 aromatic rings. The minimum Gasteiger partial charge on any atom is -0.465 e. The van der Waals surface area contributed by atoms with Crippen LogP contribution in [0.25, 0.3) is 0 Å². The minimum atomic E-state index is -0.784. The third kappa shape index (κ3) is 3.24. The van der Waals surface area contributed by atoms with Gasteiger partial charge in [-0.05, 0) is 42.7 Å². The zero-order chi connectivity index (χ0) is 20.8. The number of pyridine rings is 1. The Labute approximate surface area is 176 Å². The summed E-state index contributed by atoms with van der Waals surface area (Å²) in [5, 5.41) is 3.43. The molecule has 0 radical (unpaired) electrons. The normalized spacial score (nSPS) is 17.1. The Morgan fingerprint density at radius 2 is 1.93 bits per heavy atom. The van der Waals surface area contributed by atoms with Crippen LogP contribution < -0.4 is 5.32 Å². The van der Waals surface area contributed by atoms with Gasteiger partial charge in [-0.25, -0.2) is 9.78 Å². The molecule has 2 amide bonds. The number of hydrogen-bond donors (Lipinski definition) is 1. The first-order valence-corrected chi connectivity index (χ1v) is 9.76. The molecule has 1 spiro atoms. The van der Waals surface area contributed by atoms with Gasteiger partial charge < -0.3 is 15.0 Å². The summed E-state index contributed by atoms with van der Waals surface area (Å²) < 4.78 is 4.79. The van der Waals surface area contributed by atoms with Crippen molar-refractivity contribution in [1.29, 1.82) is 0 Å². The van der Waals surface area contributed by atoms with Crippen molar-refractivity contribution in [3.63, 3.8) is 0 Å². The number of hydrogen-bond acceptors (Lipinski definition) is 5. The van der Waals surface area contributed by atoms with E-state index in [1.54, 1.807) is 23.1 Å². The van der Waals surface area contributed by atoms with E-state index in [1.165, 1.54) is 19.4 Å². The molecule has 7 nitrogen and oxygen atoms in total. The number of halogens is 2. The van der Waals surface area contributed by atoms with Crippen molar-refractivity contribution < 1.29 is 19.1 Å². The number of methoxy groups -OCH3 is 1. The fraction of sp³-hybridized carbons (Fsp3) is 0.300. The van der Waals surface area contributed by atoms with Gasteiger partial charge in [-0.15, -0.1) is 0 Å². The van der Waals surface area contributed by atoms with Crippen LogP contribution in [0.4, 0.5) is 5.69 Å². The van der Waals surface area contributed by atoms with E-state index in [9.17, 15) is 14.4 Å². The van der Waals surface area contributed by atoms with Crippen LogP contribution in [-0.2, 0) is 14.9 Å². The third-order valence-corrected chi connectivity index (χ3v) is 6.05. The SMILES string of the molecule is COC(=O)c1ccc2c(c1)C1(CCN(C(=O)c3ncc(Cl)cc3Cl)CC1)C(=O)N2. The average molecular weight is 434 g/mol. The molecule has 9 heteroatoms. The van der Waals surface area contributed by atoms with E-state index in [-0.39, 0.29) is 22.5 Å². The average Bonchev–Trinajstić information content (AvgIpc) is 2.98. The molecule has 0 atom stereocenters. The lowest BCUT2D eigenvalue weighted by molar-refractivity contribution is -0.122. The summed E-state index contributed by atoms with van der Waals surface area (Å²) in [7, 11) is 1.31. The van der Waals surface area contributed by atoms with E-state index in [0.29, 0.717) is 42.2 Å². The Morgan fingerprint density at radius 3 is 2.59 bits per heavy atom. The Hall–Kier alpha value is -2.64. The predicted molar refractivity (Wildman–Crippen MR) is 107 cm³/mol. The number of esters is 1. The molecule has 1 aromatic carbocycles. The van der Waals surface area contributed by atoms with Crippen molar-refractivity contribution in [2.45, 2.75) is 18.3 Å². The third-order valence-electron chi connectivity index (χ3n) is 5.55. The molecular weight excluding hydrogens is 417 g/mol. The van der Waals surface area contributed by atoms with Crippen molar-refractivity contribution in [3.05, 3.63) is 57.3 Å². The molecule has 2 aliphatic rings. The maximum Gasteiger partial charge on any atom is 0.337 e. The van der Waals surface area contributed by atoms with Gasteiger partial charge in [-0.2, -0.15) is 0 Å². The number of piperidine rings is 1. The molecule has 29 heavy (non-hydrogen) atoms. The number of amides is 2. The van der Waals surface area contributed by atoms with Crippen molar-refractivity contribution >= 4 is 46.7 Å². The lowest BCUT2D eigenvalue weighted by Crippen LogP contribution is -2.48. The lowest BCUT2D eigenvalue weighted by atomic mass is 9.73. The summed E-state index contributed by atoms with van der Waals surface area (Å²) in [6, 6.07) is 6.51. The number of likely N-dealkylation sites (tertiary alicyclic amines) is 1. The quantitative estimate of drug-likeness (QED) is 0.733. The molecule has 2 aliphatic heterocycles. The summed E-state index contributed by atoms with van der Waals surface area (Å²) in [6.45, 7) is 0.712. The Bertz CT molecular complexity index is 1030. The molecule has 0 saturated carbocycles. The highest BCUT2D eigenvalue weighted by molar-refractivity contribution is 6.36. The number of rotatable bonds is 2. The standard InChI is InChI=1S/C20H17Cl2N3O4/c1-29-18(27)11-2-3-15-13(8-11)20(19(28)24-15)4-6-25(7-5-20)17(26)16-14(22)9-12(21)10-23-16/h2-3,8-10H,4-7H2,1H3,(H,24,28). The number of fused-ring (bicyclic) bond motifs is 2. The molecule has 1 aromatic heterocycles. The summed E-state index contributed by atoms with van der Waals surface area (Å²) in [6.07, 6.45) is 2.22. The van der Waals surface area contributed by atoms with Crippen molar-refractivity contribution in [2.24, 2.45) is 0 Å². The Morgan fingerprint density at radius 1 is 1.21 bits per heavy atom. The monoisotopic (exact) mass is 433 g/mol. The number of benzene rings is 1. The summed E-state index contributed by atoms with van der Waals surface area (Å²) >= 11 is 12.0. The smallest absolute Gasteiger partial charge is 0.337 e. The minimum absolute atomic E-state index is 0.121. The molecular formula is C20H17Cl2N3O4. The number of carbonyl (C=O) groups excluding carboxylic acids is 3.